The summed E-state index contributed by atoms with van der Waals surface area (Å²) in [6, 6.07) is 14.2. The van der Waals surface area contributed by atoms with Crippen molar-refractivity contribution in [3.05, 3.63) is 59.2 Å². The molecule has 6 nitrogen and oxygen atoms in total. The van der Waals surface area contributed by atoms with Crippen molar-refractivity contribution in [2.24, 2.45) is 4.99 Å². The van der Waals surface area contributed by atoms with Gasteiger partial charge in [-0.2, -0.15) is 0 Å². The Kier molecular flexibility index (Phi) is 11.4. The van der Waals surface area contributed by atoms with Crippen molar-refractivity contribution in [1.82, 2.24) is 10.6 Å². The molecule has 0 saturated heterocycles. The Morgan fingerprint density at radius 1 is 0.857 bits per heavy atom. The van der Waals surface area contributed by atoms with E-state index in [0.717, 1.165) is 23.6 Å². The summed E-state index contributed by atoms with van der Waals surface area (Å²) in [5, 5.41) is 6.63. The van der Waals surface area contributed by atoms with Crippen molar-refractivity contribution in [3.63, 3.8) is 0 Å². The average Bonchev–Trinajstić information content (AvgIpc) is 2.71. The van der Waals surface area contributed by atoms with E-state index in [1.807, 2.05) is 25.1 Å². The lowest BCUT2D eigenvalue weighted by Crippen LogP contribution is -2.36. The van der Waals surface area contributed by atoms with E-state index >= 15 is 0 Å². The lowest BCUT2D eigenvalue weighted by molar-refractivity contribution is 0.185. The molecule has 0 atom stereocenters. The molecule has 0 unspecified atom stereocenters. The molecular weight excluding hydrogens is 469 g/mol. The molecule has 0 bridgehead atoms. The topological polar surface area (TPSA) is 64.1 Å². The molecule has 7 heteroatoms. The first-order chi connectivity index (χ1) is 13.2. The van der Waals surface area contributed by atoms with Gasteiger partial charge in [-0.3, -0.25) is 0 Å². The third kappa shape index (κ3) is 7.55. The van der Waals surface area contributed by atoms with Gasteiger partial charge in [0.1, 0.15) is 0 Å². The normalized spacial score (nSPS) is 10.8. The van der Waals surface area contributed by atoms with Crippen molar-refractivity contribution >= 4 is 29.9 Å². The molecule has 0 amide bonds. The molecule has 0 aliphatic heterocycles. The fourth-order valence-corrected chi connectivity index (χ4v) is 2.60. The highest BCUT2D eigenvalue weighted by molar-refractivity contribution is 14.0. The molecule has 2 N–H and O–H groups in total. The number of guanidine groups is 1. The van der Waals surface area contributed by atoms with Crippen molar-refractivity contribution in [2.75, 3.05) is 27.9 Å². The number of hydrogen-bond acceptors (Lipinski definition) is 4. The maximum atomic E-state index is 5.35. The first-order valence-electron chi connectivity index (χ1n) is 9.00. The zero-order valence-electron chi connectivity index (χ0n) is 17.0. The fourth-order valence-electron chi connectivity index (χ4n) is 2.60. The number of rotatable bonds is 9. The maximum absolute atomic E-state index is 5.35. The summed E-state index contributed by atoms with van der Waals surface area (Å²) >= 11 is 0. The smallest absolute Gasteiger partial charge is 0.191 e. The molecule has 2 rings (SSSR count). The maximum Gasteiger partial charge on any atom is 0.191 e. The van der Waals surface area contributed by atoms with Gasteiger partial charge < -0.3 is 24.8 Å². The predicted octanol–water partition coefficient (Wildman–Crippen LogP) is 3.72. The van der Waals surface area contributed by atoms with Crippen LogP contribution >= 0.6 is 24.0 Å². The van der Waals surface area contributed by atoms with Crippen LogP contribution in [0.5, 0.6) is 11.5 Å². The molecule has 0 aliphatic carbocycles. The van der Waals surface area contributed by atoms with Crippen LogP contribution in [0.3, 0.4) is 0 Å². The lowest BCUT2D eigenvalue weighted by atomic mass is 10.1. The molecule has 154 valence electrons. The Hall–Kier alpha value is -2.00. The number of nitrogens with one attached hydrogen (secondary N) is 2. The Morgan fingerprint density at radius 2 is 1.50 bits per heavy atom. The number of halogens is 1. The van der Waals surface area contributed by atoms with E-state index in [4.69, 9.17) is 14.2 Å². The quantitative estimate of drug-likeness (QED) is 0.313. The molecular formula is C21H30IN3O3. The van der Waals surface area contributed by atoms with Gasteiger partial charge in [-0.15, -0.1) is 24.0 Å². The van der Waals surface area contributed by atoms with Crippen LogP contribution in [-0.4, -0.2) is 33.8 Å². The van der Waals surface area contributed by atoms with Crippen LogP contribution in [0.1, 0.15) is 23.6 Å². The largest absolute Gasteiger partial charge is 0.493 e. The van der Waals surface area contributed by atoms with Crippen LogP contribution < -0.4 is 20.1 Å². The molecule has 2 aromatic rings. The summed E-state index contributed by atoms with van der Waals surface area (Å²) < 4.78 is 15.8. The van der Waals surface area contributed by atoms with E-state index in [2.05, 4.69) is 39.9 Å². The van der Waals surface area contributed by atoms with E-state index < -0.39 is 0 Å². The van der Waals surface area contributed by atoms with Crippen molar-refractivity contribution < 1.29 is 14.2 Å². The number of aliphatic imine (C=N–C) groups is 1. The monoisotopic (exact) mass is 499 g/mol. The highest BCUT2D eigenvalue weighted by atomic mass is 127. The highest BCUT2D eigenvalue weighted by Crippen LogP contribution is 2.27. The van der Waals surface area contributed by atoms with Crippen LogP contribution in [0, 0.1) is 0 Å². The molecule has 0 fully saturated rings. The standard InChI is InChI=1S/C21H29N3O3.HI/c1-5-22-21(23-13-16-6-8-17(9-7-16)15-25-2)24-14-18-10-11-19(26-3)20(12-18)27-4;/h6-12H,5,13-15H2,1-4H3,(H2,22,23,24);1H. The second-order valence-corrected chi connectivity index (χ2v) is 5.99. The molecule has 0 spiro atoms. The summed E-state index contributed by atoms with van der Waals surface area (Å²) in [5.74, 6) is 2.19. The van der Waals surface area contributed by atoms with Crippen LogP contribution in [0.4, 0.5) is 0 Å². The first-order valence-corrected chi connectivity index (χ1v) is 9.00. The minimum atomic E-state index is 0. The summed E-state index contributed by atoms with van der Waals surface area (Å²) in [4.78, 5) is 4.65. The van der Waals surface area contributed by atoms with Crippen molar-refractivity contribution in [3.8, 4) is 11.5 Å². The second-order valence-electron chi connectivity index (χ2n) is 5.99. The Morgan fingerprint density at radius 3 is 2.11 bits per heavy atom. The average molecular weight is 499 g/mol. The molecule has 0 aliphatic rings. The Balaban J connectivity index is 0.00000392. The van der Waals surface area contributed by atoms with Gasteiger partial charge in [0.25, 0.3) is 0 Å². The van der Waals surface area contributed by atoms with Gasteiger partial charge >= 0.3 is 0 Å². The SMILES string of the molecule is CCNC(=NCc1ccc(OC)c(OC)c1)NCc1ccc(COC)cc1.I. The molecule has 2 aromatic carbocycles. The molecule has 0 radical (unpaired) electrons. The predicted molar refractivity (Wildman–Crippen MR) is 124 cm³/mol. The van der Waals surface area contributed by atoms with E-state index in [1.54, 1.807) is 21.3 Å². The number of benzene rings is 2. The van der Waals surface area contributed by atoms with Gasteiger partial charge in [-0.05, 0) is 35.7 Å². The van der Waals surface area contributed by atoms with E-state index in [1.165, 1.54) is 5.56 Å². The Bertz CT molecular complexity index is 736. The van der Waals surface area contributed by atoms with Crippen molar-refractivity contribution in [1.29, 1.82) is 0 Å². The summed E-state index contributed by atoms with van der Waals surface area (Å²) in [5.41, 5.74) is 3.40. The molecule has 0 saturated carbocycles. The zero-order valence-corrected chi connectivity index (χ0v) is 19.3. The van der Waals surface area contributed by atoms with Gasteiger partial charge in [0.05, 0.1) is 27.4 Å². The van der Waals surface area contributed by atoms with Crippen molar-refractivity contribution in [2.45, 2.75) is 26.6 Å². The number of ether oxygens (including phenoxy) is 3. The number of hydrogen-bond donors (Lipinski definition) is 2. The van der Waals surface area contributed by atoms with Crippen LogP contribution in [-0.2, 0) is 24.4 Å². The van der Waals surface area contributed by atoms with Crippen LogP contribution in [0.25, 0.3) is 0 Å². The molecule has 0 aromatic heterocycles. The number of methoxy groups -OCH3 is 3. The van der Waals surface area contributed by atoms with E-state index in [-0.39, 0.29) is 24.0 Å². The third-order valence-electron chi connectivity index (χ3n) is 4.01. The van der Waals surface area contributed by atoms with Gasteiger partial charge in [0.2, 0.25) is 0 Å². The van der Waals surface area contributed by atoms with Gasteiger partial charge in [-0.1, -0.05) is 30.3 Å². The summed E-state index contributed by atoms with van der Waals surface area (Å²) in [7, 11) is 4.96. The highest BCUT2D eigenvalue weighted by Gasteiger charge is 2.05. The van der Waals surface area contributed by atoms with Gasteiger partial charge in [-0.25, -0.2) is 4.99 Å². The van der Waals surface area contributed by atoms with Gasteiger partial charge in [0.15, 0.2) is 17.5 Å². The third-order valence-corrected chi connectivity index (χ3v) is 4.01. The van der Waals surface area contributed by atoms with E-state index in [9.17, 15) is 0 Å². The second kappa shape index (κ2) is 13.2. The van der Waals surface area contributed by atoms with Gasteiger partial charge in [0, 0.05) is 20.2 Å². The van der Waals surface area contributed by atoms with Crippen LogP contribution in [0.15, 0.2) is 47.5 Å². The fraction of sp³-hybridized carbons (Fsp3) is 0.381. The molecule has 0 heterocycles. The van der Waals surface area contributed by atoms with E-state index in [0.29, 0.717) is 31.2 Å². The minimum Gasteiger partial charge on any atom is -0.493 e. The Labute approximate surface area is 184 Å². The first kappa shape index (κ1) is 24.0. The lowest BCUT2D eigenvalue weighted by Gasteiger charge is -2.12. The summed E-state index contributed by atoms with van der Waals surface area (Å²) in [6.45, 7) is 4.72. The number of nitrogens with zero attached hydrogens (tertiary/aromatic N) is 1. The molecule has 28 heavy (non-hydrogen) atoms. The summed E-state index contributed by atoms with van der Waals surface area (Å²) in [6.07, 6.45) is 0. The van der Waals surface area contributed by atoms with Crippen LogP contribution in [0.2, 0.25) is 0 Å². The zero-order chi connectivity index (χ0) is 19.5. The minimum absolute atomic E-state index is 0.